The summed E-state index contributed by atoms with van der Waals surface area (Å²) in [6.07, 6.45) is 2.82. The maximum Gasteiger partial charge on any atom is 0.411 e. The van der Waals surface area contributed by atoms with Crippen molar-refractivity contribution >= 4 is 6.09 Å². The summed E-state index contributed by atoms with van der Waals surface area (Å²) in [4.78, 5) is 14.8. The molecule has 1 N–H and O–H groups in total. The fourth-order valence-corrected chi connectivity index (χ4v) is 4.54. The van der Waals surface area contributed by atoms with Gasteiger partial charge in [0.1, 0.15) is 5.60 Å². The number of carbonyl (C=O) groups is 1. The molecule has 1 amide bonds. The highest BCUT2D eigenvalue weighted by atomic mass is 16.6. The first-order valence-electron chi connectivity index (χ1n) is 8.97. The van der Waals surface area contributed by atoms with E-state index in [4.69, 9.17) is 4.74 Å². The number of hydrogen-bond donors (Lipinski definition) is 1. The minimum absolute atomic E-state index is 0.138. The highest BCUT2D eigenvalue weighted by Gasteiger charge is 2.60. The zero-order chi connectivity index (χ0) is 17.5. The van der Waals surface area contributed by atoms with Crippen molar-refractivity contribution in [2.45, 2.75) is 76.7 Å². The number of rotatable bonds is 2. The summed E-state index contributed by atoms with van der Waals surface area (Å²) in [5, 5.41) is 11.0. The van der Waals surface area contributed by atoms with Crippen LogP contribution in [0.3, 0.4) is 0 Å². The molecular formula is C20H29NO3. The highest BCUT2D eigenvalue weighted by molar-refractivity contribution is 5.71. The molecule has 4 nitrogen and oxygen atoms in total. The van der Waals surface area contributed by atoms with Gasteiger partial charge in [-0.05, 0) is 52.5 Å². The monoisotopic (exact) mass is 331 g/mol. The number of fused-ring (bicyclic) bond motifs is 1. The molecule has 1 aliphatic carbocycles. The molecule has 2 aliphatic rings. The van der Waals surface area contributed by atoms with E-state index < -0.39 is 11.7 Å². The Kier molecular flexibility index (Phi) is 4.37. The smallest absolute Gasteiger partial charge is 0.411 e. The molecule has 0 radical (unpaired) electrons. The number of hydrogen-bond acceptors (Lipinski definition) is 3. The molecule has 1 aliphatic heterocycles. The van der Waals surface area contributed by atoms with Crippen molar-refractivity contribution in [3.05, 3.63) is 35.9 Å². The Hall–Kier alpha value is -1.55. The summed E-state index contributed by atoms with van der Waals surface area (Å²) in [5.74, 6) is 0.138. The van der Waals surface area contributed by atoms with Crippen LogP contribution in [0, 0.1) is 5.92 Å². The molecule has 1 aromatic carbocycles. The molecule has 1 saturated heterocycles. The molecule has 0 bridgehead atoms. The number of aliphatic hydroxyl groups excluding tert-OH is 1. The lowest BCUT2D eigenvalue weighted by molar-refractivity contribution is -0.00403. The van der Waals surface area contributed by atoms with Crippen molar-refractivity contribution in [1.29, 1.82) is 0 Å². The van der Waals surface area contributed by atoms with Crippen molar-refractivity contribution in [2.24, 2.45) is 5.92 Å². The molecule has 0 aromatic heterocycles. The summed E-state index contributed by atoms with van der Waals surface area (Å²) in [6, 6.07) is 9.86. The van der Waals surface area contributed by atoms with E-state index in [1.807, 2.05) is 43.9 Å². The van der Waals surface area contributed by atoms with E-state index >= 15 is 0 Å². The van der Waals surface area contributed by atoms with Crippen LogP contribution in [0.5, 0.6) is 0 Å². The molecule has 4 heteroatoms. The Labute approximate surface area is 144 Å². The van der Waals surface area contributed by atoms with Crippen LogP contribution in [0.4, 0.5) is 4.79 Å². The maximum absolute atomic E-state index is 12.9. The summed E-state index contributed by atoms with van der Waals surface area (Å²) >= 11 is 0. The molecule has 0 spiro atoms. The van der Waals surface area contributed by atoms with Gasteiger partial charge in [-0.25, -0.2) is 4.79 Å². The molecule has 1 heterocycles. The van der Waals surface area contributed by atoms with E-state index in [2.05, 4.69) is 19.1 Å². The molecule has 1 aromatic rings. The minimum atomic E-state index is -0.535. The third-order valence-electron chi connectivity index (χ3n) is 5.56. The molecule has 0 unspecified atom stereocenters. The van der Waals surface area contributed by atoms with Gasteiger partial charge in [0.25, 0.3) is 0 Å². The lowest BCUT2D eigenvalue weighted by Crippen LogP contribution is -2.52. The standard InChI is InChI=1S/C20H29NO3/c1-19(2,3)24-18(23)21-16(13-14-9-6-5-7-10-14)17(22)15-11-8-12-20(15,21)4/h5-7,9-10,15-17,22H,8,11-13H2,1-4H3/t15-,16-,17+,20-/m0/s1. The van der Waals surface area contributed by atoms with Crippen LogP contribution in [0.25, 0.3) is 0 Å². The van der Waals surface area contributed by atoms with Gasteiger partial charge in [0, 0.05) is 11.5 Å². The average molecular weight is 331 g/mol. The van der Waals surface area contributed by atoms with Gasteiger partial charge in [-0.2, -0.15) is 0 Å². The van der Waals surface area contributed by atoms with Crippen LogP contribution in [-0.4, -0.2) is 39.4 Å². The van der Waals surface area contributed by atoms with Gasteiger partial charge in [0.2, 0.25) is 0 Å². The Morgan fingerprint density at radius 3 is 2.62 bits per heavy atom. The Morgan fingerprint density at radius 1 is 1.33 bits per heavy atom. The van der Waals surface area contributed by atoms with Gasteiger partial charge in [0.05, 0.1) is 12.1 Å². The van der Waals surface area contributed by atoms with Gasteiger partial charge in [-0.1, -0.05) is 36.8 Å². The van der Waals surface area contributed by atoms with E-state index in [0.717, 1.165) is 24.8 Å². The molecule has 4 atom stereocenters. The lowest BCUT2D eigenvalue weighted by Gasteiger charge is -2.38. The number of likely N-dealkylation sites (tertiary alicyclic amines) is 1. The van der Waals surface area contributed by atoms with Crippen LogP contribution in [0.2, 0.25) is 0 Å². The van der Waals surface area contributed by atoms with Crippen molar-refractivity contribution in [2.75, 3.05) is 0 Å². The highest BCUT2D eigenvalue weighted by Crippen LogP contribution is 2.50. The lowest BCUT2D eigenvalue weighted by atomic mass is 9.88. The number of benzene rings is 1. The first kappa shape index (κ1) is 17.3. The Bertz CT molecular complexity index is 595. The molecule has 24 heavy (non-hydrogen) atoms. The fraction of sp³-hybridized carbons (Fsp3) is 0.650. The summed E-state index contributed by atoms with van der Waals surface area (Å²) in [5.41, 5.74) is 0.298. The van der Waals surface area contributed by atoms with Gasteiger partial charge < -0.3 is 9.84 Å². The predicted octanol–water partition coefficient (Wildman–Crippen LogP) is 3.77. The molecule has 132 valence electrons. The second-order valence-corrected chi connectivity index (χ2v) is 8.45. The largest absolute Gasteiger partial charge is 0.444 e. The van der Waals surface area contributed by atoms with Crippen LogP contribution in [0.15, 0.2) is 30.3 Å². The first-order chi connectivity index (χ1) is 11.2. The average Bonchev–Trinajstić information content (AvgIpc) is 2.95. The minimum Gasteiger partial charge on any atom is -0.444 e. The second-order valence-electron chi connectivity index (χ2n) is 8.45. The van der Waals surface area contributed by atoms with E-state index in [1.54, 1.807) is 0 Å². The molecular weight excluding hydrogens is 302 g/mol. The Balaban J connectivity index is 1.91. The van der Waals surface area contributed by atoms with Crippen LogP contribution >= 0.6 is 0 Å². The van der Waals surface area contributed by atoms with E-state index in [-0.39, 0.29) is 23.6 Å². The van der Waals surface area contributed by atoms with E-state index in [0.29, 0.717) is 6.42 Å². The van der Waals surface area contributed by atoms with Crippen molar-refractivity contribution in [1.82, 2.24) is 4.90 Å². The van der Waals surface area contributed by atoms with Gasteiger partial charge in [-0.15, -0.1) is 0 Å². The van der Waals surface area contributed by atoms with Crippen molar-refractivity contribution in [3.8, 4) is 0 Å². The first-order valence-corrected chi connectivity index (χ1v) is 8.97. The second kappa shape index (κ2) is 6.07. The quantitative estimate of drug-likeness (QED) is 0.897. The zero-order valence-corrected chi connectivity index (χ0v) is 15.2. The summed E-state index contributed by atoms with van der Waals surface area (Å²) in [7, 11) is 0. The number of carbonyl (C=O) groups excluding carboxylic acids is 1. The third kappa shape index (κ3) is 3.04. The van der Waals surface area contributed by atoms with Gasteiger partial charge in [-0.3, -0.25) is 4.90 Å². The number of ether oxygens (including phenoxy) is 1. The van der Waals surface area contributed by atoms with E-state index in [1.165, 1.54) is 0 Å². The topological polar surface area (TPSA) is 49.8 Å². The number of aliphatic hydroxyl groups is 1. The predicted molar refractivity (Wildman–Crippen MR) is 93.8 cm³/mol. The normalized spacial score (nSPS) is 32.7. The van der Waals surface area contributed by atoms with E-state index in [9.17, 15) is 9.90 Å². The summed E-state index contributed by atoms with van der Waals surface area (Å²) in [6.45, 7) is 7.77. The van der Waals surface area contributed by atoms with Gasteiger partial charge in [0.15, 0.2) is 0 Å². The van der Waals surface area contributed by atoms with Crippen molar-refractivity contribution in [3.63, 3.8) is 0 Å². The molecule has 3 rings (SSSR count). The molecule has 1 saturated carbocycles. The fourth-order valence-electron chi connectivity index (χ4n) is 4.54. The maximum atomic E-state index is 12.9. The van der Waals surface area contributed by atoms with Crippen LogP contribution < -0.4 is 0 Å². The van der Waals surface area contributed by atoms with Crippen molar-refractivity contribution < 1.29 is 14.6 Å². The van der Waals surface area contributed by atoms with Crippen LogP contribution in [-0.2, 0) is 11.2 Å². The summed E-state index contributed by atoms with van der Waals surface area (Å²) < 4.78 is 5.69. The van der Waals surface area contributed by atoms with Gasteiger partial charge >= 0.3 is 6.09 Å². The Morgan fingerprint density at radius 2 is 2.00 bits per heavy atom. The molecule has 2 fully saturated rings. The van der Waals surface area contributed by atoms with Crippen LogP contribution in [0.1, 0.15) is 52.5 Å². The zero-order valence-electron chi connectivity index (χ0n) is 15.2. The number of amides is 1. The number of nitrogens with zero attached hydrogens (tertiary/aromatic N) is 1. The third-order valence-corrected chi connectivity index (χ3v) is 5.56. The SMILES string of the molecule is CC(C)(C)OC(=O)N1[C@@H](Cc2ccccc2)[C@H](O)[C@@H]2CCC[C@@]21C.